The number of hydrogen-bond acceptors (Lipinski definition) is 6. The number of ether oxygens (including phenoxy) is 1. The fraction of sp³-hybridized carbons (Fsp3) is 0.125. The van der Waals surface area contributed by atoms with E-state index in [4.69, 9.17) is 9.84 Å². The first-order chi connectivity index (χ1) is 11.6. The van der Waals surface area contributed by atoms with Crippen LogP contribution in [0.1, 0.15) is 15.4 Å². The highest BCUT2D eigenvalue weighted by molar-refractivity contribution is 7.18. The van der Waals surface area contributed by atoms with Crippen LogP contribution in [0.5, 0.6) is 5.75 Å². The van der Waals surface area contributed by atoms with Gasteiger partial charge in [-0.3, -0.25) is 9.69 Å². The number of carbonyl (C=O) groups is 2. The van der Waals surface area contributed by atoms with Crippen molar-refractivity contribution >= 4 is 39.2 Å². The molecule has 7 nitrogen and oxygen atoms in total. The van der Waals surface area contributed by atoms with Crippen LogP contribution in [0.2, 0.25) is 0 Å². The number of carboxylic acids is 1. The number of carbonyl (C=O) groups excluding carboxylic acids is 1. The third-order valence-corrected chi connectivity index (χ3v) is 4.62. The average Bonchev–Trinajstić information content (AvgIpc) is 2.99. The first kappa shape index (κ1) is 14.6. The summed E-state index contributed by atoms with van der Waals surface area (Å²) in [4.78, 5) is 34.5. The summed E-state index contributed by atoms with van der Waals surface area (Å²) in [5.41, 5.74) is 1.32. The number of aromatic nitrogens is 2. The van der Waals surface area contributed by atoms with Gasteiger partial charge < -0.3 is 9.84 Å². The molecule has 1 aliphatic heterocycles. The minimum absolute atomic E-state index is 0.0808. The van der Waals surface area contributed by atoms with Crippen LogP contribution in [-0.4, -0.2) is 33.6 Å². The number of pyridine rings is 1. The molecule has 0 saturated carbocycles. The number of benzene rings is 1. The maximum Gasteiger partial charge on any atom is 0.335 e. The van der Waals surface area contributed by atoms with Gasteiger partial charge in [-0.1, -0.05) is 11.3 Å². The van der Waals surface area contributed by atoms with E-state index in [-0.39, 0.29) is 24.6 Å². The lowest BCUT2D eigenvalue weighted by atomic mass is 10.1. The van der Waals surface area contributed by atoms with Crippen LogP contribution >= 0.6 is 11.3 Å². The monoisotopic (exact) mass is 341 g/mol. The Morgan fingerprint density at radius 2 is 2.25 bits per heavy atom. The van der Waals surface area contributed by atoms with Crippen molar-refractivity contribution in [3.8, 4) is 5.75 Å². The molecule has 1 N–H and O–H groups in total. The van der Waals surface area contributed by atoms with Crippen LogP contribution in [0, 0.1) is 0 Å². The van der Waals surface area contributed by atoms with E-state index in [0.717, 1.165) is 15.4 Å². The number of fused-ring (bicyclic) bond motifs is 2. The second-order valence-electron chi connectivity index (χ2n) is 5.19. The van der Waals surface area contributed by atoms with E-state index in [1.165, 1.54) is 28.4 Å². The van der Waals surface area contributed by atoms with Crippen LogP contribution in [0.25, 0.3) is 10.3 Å². The van der Waals surface area contributed by atoms with Crippen molar-refractivity contribution < 1.29 is 19.4 Å². The molecule has 0 fully saturated rings. The first-order valence-corrected chi connectivity index (χ1v) is 7.94. The van der Waals surface area contributed by atoms with Crippen molar-refractivity contribution in [1.82, 2.24) is 9.97 Å². The molecular formula is C16H11N3O4S. The summed E-state index contributed by atoms with van der Waals surface area (Å²) in [6, 6.07) is 8.13. The second-order valence-corrected chi connectivity index (χ2v) is 6.25. The lowest BCUT2D eigenvalue weighted by molar-refractivity contribution is -0.121. The van der Waals surface area contributed by atoms with Gasteiger partial charge in [0.2, 0.25) is 0 Å². The Labute approximate surface area is 140 Å². The van der Waals surface area contributed by atoms with Gasteiger partial charge in [0.25, 0.3) is 5.91 Å². The summed E-state index contributed by atoms with van der Waals surface area (Å²) >= 11 is 1.40. The lowest BCUT2D eigenvalue weighted by Crippen LogP contribution is -2.38. The molecule has 1 aromatic carbocycles. The molecule has 0 radical (unpaired) electrons. The molecule has 0 unspecified atom stereocenters. The molecule has 0 atom stereocenters. The van der Waals surface area contributed by atoms with Gasteiger partial charge in [0, 0.05) is 6.20 Å². The van der Waals surface area contributed by atoms with Crippen molar-refractivity contribution in [2.75, 3.05) is 11.5 Å². The fourth-order valence-electron chi connectivity index (χ4n) is 2.53. The summed E-state index contributed by atoms with van der Waals surface area (Å²) < 4.78 is 5.38. The summed E-state index contributed by atoms with van der Waals surface area (Å²) in [5, 5.41) is 9.89. The van der Waals surface area contributed by atoms with E-state index in [9.17, 15) is 9.59 Å². The first-order valence-electron chi connectivity index (χ1n) is 7.13. The highest BCUT2D eigenvalue weighted by Gasteiger charge is 2.27. The van der Waals surface area contributed by atoms with Crippen molar-refractivity contribution in [1.29, 1.82) is 0 Å². The normalized spacial score (nSPS) is 13.7. The molecule has 3 heterocycles. The molecule has 4 rings (SSSR count). The summed E-state index contributed by atoms with van der Waals surface area (Å²) in [7, 11) is 0. The van der Waals surface area contributed by atoms with Crippen LogP contribution in [0.15, 0.2) is 36.5 Å². The standard InChI is InChI=1S/C16H11N3O4S/c20-14-8-23-12-4-3-9(16(21)22)6-11(12)19(14)7-13-18-10-2-1-5-17-15(10)24-13/h1-6H,7-8H2,(H,21,22). The number of nitrogens with zero attached hydrogens (tertiary/aromatic N) is 3. The molecule has 1 amide bonds. The zero-order chi connectivity index (χ0) is 16.7. The highest BCUT2D eigenvalue weighted by atomic mass is 32.1. The number of thiazole rings is 1. The van der Waals surface area contributed by atoms with E-state index in [1.54, 1.807) is 18.3 Å². The third kappa shape index (κ3) is 2.46. The van der Waals surface area contributed by atoms with E-state index < -0.39 is 5.97 Å². The molecule has 120 valence electrons. The van der Waals surface area contributed by atoms with Gasteiger partial charge in [-0.15, -0.1) is 0 Å². The quantitative estimate of drug-likeness (QED) is 0.786. The number of hydrogen-bond donors (Lipinski definition) is 1. The van der Waals surface area contributed by atoms with E-state index in [0.29, 0.717) is 11.4 Å². The van der Waals surface area contributed by atoms with Crippen molar-refractivity contribution in [2.24, 2.45) is 0 Å². The van der Waals surface area contributed by atoms with E-state index >= 15 is 0 Å². The maximum atomic E-state index is 12.3. The molecular weight excluding hydrogens is 330 g/mol. The van der Waals surface area contributed by atoms with Crippen LogP contribution in [0.4, 0.5) is 5.69 Å². The predicted molar refractivity (Wildman–Crippen MR) is 87.5 cm³/mol. The Bertz CT molecular complexity index is 936. The van der Waals surface area contributed by atoms with Gasteiger partial charge in [0.15, 0.2) is 6.61 Å². The molecule has 0 saturated heterocycles. The minimum atomic E-state index is -1.06. The largest absolute Gasteiger partial charge is 0.482 e. The molecule has 0 bridgehead atoms. The third-order valence-electron chi connectivity index (χ3n) is 3.65. The average molecular weight is 341 g/mol. The number of amides is 1. The lowest BCUT2D eigenvalue weighted by Gasteiger charge is -2.28. The topological polar surface area (TPSA) is 92.6 Å². The Morgan fingerprint density at radius 3 is 3.04 bits per heavy atom. The molecule has 0 aliphatic carbocycles. The van der Waals surface area contributed by atoms with Crippen LogP contribution < -0.4 is 9.64 Å². The minimum Gasteiger partial charge on any atom is -0.482 e. The second kappa shape index (κ2) is 5.57. The van der Waals surface area contributed by atoms with Crippen LogP contribution in [-0.2, 0) is 11.3 Å². The van der Waals surface area contributed by atoms with Crippen molar-refractivity contribution in [3.05, 3.63) is 47.1 Å². The number of aromatic carboxylic acids is 1. The molecule has 2 aromatic heterocycles. The molecule has 8 heteroatoms. The Hall–Kier alpha value is -3.00. The number of carboxylic acid groups (broad SMARTS) is 1. The van der Waals surface area contributed by atoms with Crippen molar-refractivity contribution in [2.45, 2.75) is 6.54 Å². The molecule has 1 aliphatic rings. The maximum absolute atomic E-state index is 12.3. The van der Waals surface area contributed by atoms with Gasteiger partial charge in [0.05, 0.1) is 17.8 Å². The smallest absolute Gasteiger partial charge is 0.335 e. The van der Waals surface area contributed by atoms with Gasteiger partial charge in [-0.25, -0.2) is 14.8 Å². The summed E-state index contributed by atoms with van der Waals surface area (Å²) in [6.07, 6.45) is 1.69. The summed E-state index contributed by atoms with van der Waals surface area (Å²) in [5.74, 6) is -0.809. The van der Waals surface area contributed by atoms with Gasteiger partial charge in [-0.2, -0.15) is 0 Å². The van der Waals surface area contributed by atoms with Gasteiger partial charge >= 0.3 is 5.97 Å². The number of anilines is 1. The predicted octanol–water partition coefficient (Wildman–Crippen LogP) is 2.32. The van der Waals surface area contributed by atoms with E-state index in [1.807, 2.05) is 6.07 Å². The summed E-state index contributed by atoms with van der Waals surface area (Å²) in [6.45, 7) is 0.169. The Balaban J connectivity index is 1.73. The van der Waals surface area contributed by atoms with Gasteiger partial charge in [0.1, 0.15) is 21.1 Å². The number of rotatable bonds is 3. The highest BCUT2D eigenvalue weighted by Crippen LogP contribution is 2.34. The van der Waals surface area contributed by atoms with Crippen molar-refractivity contribution in [3.63, 3.8) is 0 Å². The zero-order valence-electron chi connectivity index (χ0n) is 12.3. The van der Waals surface area contributed by atoms with Gasteiger partial charge in [-0.05, 0) is 30.3 Å². The Morgan fingerprint density at radius 1 is 1.38 bits per heavy atom. The zero-order valence-corrected chi connectivity index (χ0v) is 13.1. The van der Waals surface area contributed by atoms with Crippen LogP contribution in [0.3, 0.4) is 0 Å². The fourth-order valence-corrected chi connectivity index (χ4v) is 3.42. The molecule has 24 heavy (non-hydrogen) atoms. The SMILES string of the molecule is O=C(O)c1ccc2c(c1)N(Cc1nc3cccnc3s1)C(=O)CO2. The molecule has 3 aromatic rings. The molecule has 0 spiro atoms. The Kier molecular flexibility index (Phi) is 3.39. The van der Waals surface area contributed by atoms with E-state index in [2.05, 4.69) is 9.97 Å².